The van der Waals surface area contributed by atoms with Crippen LogP contribution in [0.25, 0.3) is 32.7 Å². The van der Waals surface area contributed by atoms with Crippen molar-refractivity contribution in [2.45, 2.75) is 32.9 Å². The summed E-state index contributed by atoms with van der Waals surface area (Å²) >= 11 is 8.76. The lowest BCUT2D eigenvalue weighted by molar-refractivity contribution is -0.123. The minimum absolute atomic E-state index is 0.183. The maximum Gasteiger partial charge on any atom is 0.176 e. The first-order valence-electron chi connectivity index (χ1n) is 10.3. The number of para-hydroxylation sites is 3. The van der Waals surface area contributed by atoms with Gasteiger partial charge in [-0.1, -0.05) is 74.2 Å². The highest BCUT2D eigenvalue weighted by Gasteiger charge is 2.24. The zero-order valence-corrected chi connectivity index (χ0v) is 20.7. The summed E-state index contributed by atoms with van der Waals surface area (Å²) in [6.07, 6.45) is 0. The number of carbonyl (C=O) groups excluding carboxylic acids is 1. The Morgan fingerprint density at radius 1 is 1.06 bits per heavy atom. The molecule has 3 heterocycles. The third-order valence-corrected chi connectivity index (χ3v) is 7.77. The zero-order chi connectivity index (χ0) is 22.6. The number of aryl methyl sites for hydroxylation is 1. The fourth-order valence-corrected chi connectivity index (χ4v) is 6.10. The van der Waals surface area contributed by atoms with Gasteiger partial charge in [0.15, 0.2) is 20.4 Å². The van der Waals surface area contributed by atoms with Crippen LogP contribution in [0.2, 0.25) is 0 Å². The number of hydrogen-bond acceptors (Lipinski definition) is 6. The van der Waals surface area contributed by atoms with Gasteiger partial charge in [-0.15, -0.1) is 0 Å². The fourth-order valence-electron chi connectivity index (χ4n) is 3.60. The summed E-state index contributed by atoms with van der Waals surface area (Å²) in [6, 6.07) is 16.2. The van der Waals surface area contributed by atoms with Crippen LogP contribution in [0.4, 0.5) is 0 Å². The number of aromatic nitrogens is 4. The van der Waals surface area contributed by atoms with Gasteiger partial charge in [-0.05, 0) is 42.9 Å². The minimum atomic E-state index is -0.398. The van der Waals surface area contributed by atoms with E-state index < -0.39 is 5.41 Å². The number of carbonyl (C=O) groups is 1. The molecule has 0 fully saturated rings. The number of ketones is 1. The highest BCUT2D eigenvalue weighted by molar-refractivity contribution is 7.99. The van der Waals surface area contributed by atoms with E-state index in [1.165, 1.54) is 23.1 Å². The molecule has 0 aliphatic heterocycles. The van der Waals surface area contributed by atoms with E-state index in [9.17, 15) is 4.79 Å². The number of benzene rings is 2. The van der Waals surface area contributed by atoms with E-state index in [0.29, 0.717) is 5.75 Å². The molecule has 0 atom stereocenters. The van der Waals surface area contributed by atoms with Crippen molar-refractivity contribution in [2.75, 3.05) is 5.75 Å². The summed E-state index contributed by atoms with van der Waals surface area (Å²) in [7, 11) is 0. The van der Waals surface area contributed by atoms with Gasteiger partial charge in [-0.3, -0.25) is 13.8 Å². The number of fused-ring (bicyclic) bond motifs is 5. The van der Waals surface area contributed by atoms with Crippen molar-refractivity contribution in [3.05, 3.63) is 58.0 Å². The first kappa shape index (κ1) is 21.3. The largest absolute Gasteiger partial charge is 0.298 e. The molecule has 5 aromatic rings. The lowest BCUT2D eigenvalue weighted by Crippen LogP contribution is -2.22. The van der Waals surface area contributed by atoms with Crippen molar-refractivity contribution in [3.63, 3.8) is 0 Å². The molecule has 0 amide bonds. The molecule has 0 aliphatic rings. The average molecular weight is 479 g/mol. The maximum atomic E-state index is 12.7. The number of nitrogens with zero attached hydrogens (tertiary/aromatic N) is 4. The Morgan fingerprint density at radius 2 is 1.78 bits per heavy atom. The van der Waals surface area contributed by atoms with Gasteiger partial charge in [0, 0.05) is 5.41 Å². The molecular weight excluding hydrogens is 456 g/mol. The molecular formula is C24H22N4OS3. The van der Waals surface area contributed by atoms with Crippen molar-refractivity contribution in [1.29, 1.82) is 0 Å². The Labute approximate surface area is 199 Å². The molecule has 0 bridgehead atoms. The van der Waals surface area contributed by atoms with Crippen LogP contribution in [0.3, 0.4) is 0 Å². The van der Waals surface area contributed by atoms with Crippen molar-refractivity contribution in [1.82, 2.24) is 18.9 Å². The molecule has 162 valence electrons. The number of imidazole rings is 1. The monoisotopic (exact) mass is 478 g/mol. The highest BCUT2D eigenvalue weighted by Crippen LogP contribution is 2.35. The average Bonchev–Trinajstić information content (AvgIpc) is 3.29. The summed E-state index contributed by atoms with van der Waals surface area (Å²) in [6.45, 7) is 7.91. The lowest BCUT2D eigenvalue weighted by atomic mass is 9.92. The predicted octanol–water partition coefficient (Wildman–Crippen LogP) is 6.63. The van der Waals surface area contributed by atoms with Gasteiger partial charge < -0.3 is 0 Å². The van der Waals surface area contributed by atoms with Crippen LogP contribution in [-0.2, 0) is 4.79 Å². The topological polar surface area (TPSA) is 52.2 Å². The molecule has 0 saturated carbocycles. The quantitative estimate of drug-likeness (QED) is 0.165. The van der Waals surface area contributed by atoms with Crippen LogP contribution in [0.5, 0.6) is 0 Å². The summed E-state index contributed by atoms with van der Waals surface area (Å²) < 4.78 is 5.76. The molecule has 0 spiro atoms. The van der Waals surface area contributed by atoms with E-state index in [1.807, 2.05) is 61.7 Å². The standard InChI is InChI=1S/C24H22N4OS3/c1-14-9-5-7-11-16(14)28-21-19(32-23(28)30)20-25-15-10-6-8-12-17(15)27(20)22(26-21)31-13-18(29)24(2,3)4/h5-12H,13H2,1-4H3. The van der Waals surface area contributed by atoms with Crippen LogP contribution < -0.4 is 0 Å². The second-order valence-electron chi connectivity index (χ2n) is 8.76. The molecule has 0 unspecified atom stereocenters. The van der Waals surface area contributed by atoms with Gasteiger partial charge in [0.2, 0.25) is 0 Å². The van der Waals surface area contributed by atoms with E-state index in [0.717, 1.165) is 47.4 Å². The van der Waals surface area contributed by atoms with E-state index in [1.54, 1.807) is 0 Å². The van der Waals surface area contributed by atoms with Gasteiger partial charge in [-0.25, -0.2) is 9.97 Å². The van der Waals surface area contributed by atoms with Gasteiger partial charge in [0.25, 0.3) is 0 Å². The molecule has 0 saturated heterocycles. The summed E-state index contributed by atoms with van der Waals surface area (Å²) in [5.41, 5.74) is 5.21. The smallest absolute Gasteiger partial charge is 0.176 e. The SMILES string of the molecule is Cc1ccccc1-n1c(=S)sc2c1nc(SCC(=O)C(C)(C)C)n1c3ccccc3nc21. The van der Waals surface area contributed by atoms with Crippen LogP contribution in [0.1, 0.15) is 26.3 Å². The molecule has 0 aliphatic carbocycles. The Morgan fingerprint density at radius 3 is 2.53 bits per heavy atom. The van der Waals surface area contributed by atoms with Crippen LogP contribution in [0.15, 0.2) is 53.7 Å². The Kier molecular flexibility index (Phi) is 5.19. The predicted molar refractivity (Wildman–Crippen MR) is 136 cm³/mol. The van der Waals surface area contributed by atoms with Crippen molar-refractivity contribution < 1.29 is 4.79 Å². The second-order valence-corrected chi connectivity index (χ2v) is 11.3. The first-order chi connectivity index (χ1) is 15.3. The van der Waals surface area contributed by atoms with Crippen molar-refractivity contribution in [3.8, 4) is 5.69 Å². The molecule has 0 radical (unpaired) electrons. The zero-order valence-electron chi connectivity index (χ0n) is 18.2. The molecule has 8 heteroatoms. The van der Waals surface area contributed by atoms with E-state index in [4.69, 9.17) is 22.2 Å². The van der Waals surface area contributed by atoms with E-state index in [-0.39, 0.29) is 5.78 Å². The number of rotatable bonds is 4. The molecule has 5 rings (SSSR count). The van der Waals surface area contributed by atoms with Crippen molar-refractivity contribution >= 4 is 68.1 Å². The first-order valence-corrected chi connectivity index (χ1v) is 12.5. The summed E-state index contributed by atoms with van der Waals surface area (Å²) in [4.78, 5) is 22.7. The van der Waals surface area contributed by atoms with Crippen molar-refractivity contribution in [2.24, 2.45) is 5.41 Å². The second kappa shape index (κ2) is 7.79. The Bertz CT molecular complexity index is 1570. The van der Waals surface area contributed by atoms with Gasteiger partial charge in [-0.2, -0.15) is 0 Å². The Balaban J connectivity index is 1.82. The molecule has 5 nitrogen and oxygen atoms in total. The van der Waals surface area contributed by atoms with Gasteiger partial charge >= 0.3 is 0 Å². The summed E-state index contributed by atoms with van der Waals surface area (Å²) in [5.74, 6) is 0.529. The molecule has 0 N–H and O–H groups in total. The minimum Gasteiger partial charge on any atom is -0.298 e. The maximum absolute atomic E-state index is 12.7. The molecule has 3 aromatic heterocycles. The van der Waals surface area contributed by atoms with Gasteiger partial charge in [0.1, 0.15) is 10.5 Å². The highest BCUT2D eigenvalue weighted by atomic mass is 32.2. The van der Waals surface area contributed by atoms with Crippen LogP contribution >= 0.6 is 35.3 Å². The third-order valence-electron chi connectivity index (χ3n) is 5.47. The van der Waals surface area contributed by atoms with E-state index >= 15 is 0 Å². The molecule has 32 heavy (non-hydrogen) atoms. The normalized spacial score (nSPS) is 12.2. The Hall–Kier alpha value is -2.55. The summed E-state index contributed by atoms with van der Waals surface area (Å²) in [5, 5.41) is 0.744. The number of hydrogen-bond donors (Lipinski definition) is 0. The fraction of sp³-hybridized carbons (Fsp3) is 0.250. The molecule has 2 aromatic carbocycles. The van der Waals surface area contributed by atoms with E-state index in [2.05, 4.69) is 23.5 Å². The van der Waals surface area contributed by atoms with Crippen LogP contribution in [-0.4, -0.2) is 30.5 Å². The number of Topliss-reactive ketones (excluding diaryl/α,β-unsaturated/α-hetero) is 1. The number of thioether (sulfide) groups is 1. The number of thiazole rings is 1. The lowest BCUT2D eigenvalue weighted by Gasteiger charge is -2.16. The van der Waals surface area contributed by atoms with Crippen LogP contribution in [0, 0.1) is 16.3 Å². The van der Waals surface area contributed by atoms with Gasteiger partial charge in [0.05, 0.1) is 22.5 Å². The third kappa shape index (κ3) is 3.46.